The van der Waals surface area contributed by atoms with Gasteiger partial charge in [-0.3, -0.25) is 4.98 Å². The summed E-state index contributed by atoms with van der Waals surface area (Å²) in [5.74, 6) is -2.85. The van der Waals surface area contributed by atoms with Gasteiger partial charge in [0, 0.05) is 41.9 Å². The molecule has 0 bridgehead atoms. The van der Waals surface area contributed by atoms with Gasteiger partial charge < -0.3 is 4.42 Å². The van der Waals surface area contributed by atoms with Crippen LogP contribution in [0.4, 0.5) is 0 Å². The van der Waals surface area contributed by atoms with E-state index in [4.69, 9.17) is 18.1 Å². The molecular weight excluding hydrogens is 296 g/mol. The predicted octanol–water partition coefficient (Wildman–Crippen LogP) is 5.78. The van der Waals surface area contributed by atoms with Crippen molar-refractivity contribution in [2.24, 2.45) is 0 Å². The Bertz CT molecular complexity index is 1390. The molecule has 0 unspecified atom stereocenters. The van der Waals surface area contributed by atoms with E-state index in [0.29, 0.717) is 27.6 Å². The first-order valence-corrected chi connectivity index (χ1v) is 7.36. The van der Waals surface area contributed by atoms with Gasteiger partial charge in [-0.2, -0.15) is 0 Å². The fourth-order valence-corrected chi connectivity index (χ4v) is 2.85. The number of para-hydroxylation sites is 1. The average Bonchev–Trinajstić information content (AvgIpc) is 3.09. The van der Waals surface area contributed by atoms with Crippen molar-refractivity contribution in [2.75, 3.05) is 0 Å². The Morgan fingerprint density at radius 3 is 2.88 bits per heavy atom. The Morgan fingerprint density at radius 2 is 2.08 bits per heavy atom. The fourth-order valence-electron chi connectivity index (χ4n) is 2.85. The van der Waals surface area contributed by atoms with Crippen LogP contribution in [0.15, 0.2) is 47.0 Å². The quantitative estimate of drug-likeness (QED) is 0.468. The molecule has 0 amide bonds. The monoisotopic (exact) mass is 326 g/mol. The SMILES string of the molecule is [2H]C([2H])([2H])c1ccc2c(n1)oc1c(-c3cc(C)c(C([2H])(C([2H])([2H])[2H])C([2H])([2H])[2H])cn3)cccc12. The molecule has 1 aromatic carbocycles. The van der Waals surface area contributed by atoms with Gasteiger partial charge >= 0.3 is 0 Å². The second-order valence-corrected chi connectivity index (χ2v) is 5.59. The molecule has 0 saturated heterocycles. The molecule has 24 heavy (non-hydrogen) atoms. The molecule has 0 atom stereocenters. The molecule has 0 aliphatic carbocycles. The smallest absolute Gasteiger partial charge is 0.227 e. The Hall–Kier alpha value is -2.68. The maximum atomic E-state index is 8.42. The standard InChI is InChI=1S/C21H20N2O/c1-12(2)18-11-22-19(10-13(18)3)17-7-5-6-15-16-9-8-14(4)23-21(16)24-20(15)17/h5-12H,1-4H3/i1D3,2D3,4D3,12D. The molecule has 3 aromatic heterocycles. The number of hydrogen-bond donors (Lipinski definition) is 0. The summed E-state index contributed by atoms with van der Waals surface area (Å²) in [5, 5.41) is 1.30. The summed E-state index contributed by atoms with van der Waals surface area (Å²) in [4.78, 5) is 8.43. The van der Waals surface area contributed by atoms with Crippen molar-refractivity contribution in [2.45, 2.75) is 33.4 Å². The van der Waals surface area contributed by atoms with Crippen molar-refractivity contribution in [1.82, 2.24) is 9.97 Å². The van der Waals surface area contributed by atoms with E-state index in [1.807, 2.05) is 0 Å². The number of fused-ring (bicyclic) bond motifs is 3. The van der Waals surface area contributed by atoms with Crippen molar-refractivity contribution in [1.29, 1.82) is 0 Å². The summed E-state index contributed by atoms with van der Waals surface area (Å²) in [6, 6.07) is 9.83. The number of furan rings is 1. The highest BCUT2D eigenvalue weighted by molar-refractivity contribution is 6.08. The van der Waals surface area contributed by atoms with Crippen LogP contribution >= 0.6 is 0 Å². The summed E-state index contributed by atoms with van der Waals surface area (Å²) in [6.07, 6.45) is 1.11. The molecule has 0 saturated carbocycles. The molecule has 0 aliphatic rings. The minimum atomic E-state index is -3.11. The normalized spacial score (nSPS) is 19.9. The van der Waals surface area contributed by atoms with Gasteiger partial charge in [-0.05, 0) is 55.1 Å². The van der Waals surface area contributed by atoms with E-state index in [-0.39, 0.29) is 22.5 Å². The molecule has 0 radical (unpaired) electrons. The van der Waals surface area contributed by atoms with E-state index in [2.05, 4.69) is 9.97 Å². The van der Waals surface area contributed by atoms with Crippen LogP contribution in [0, 0.1) is 13.8 Å². The van der Waals surface area contributed by atoms with Crippen LogP contribution in [0.3, 0.4) is 0 Å². The second-order valence-electron chi connectivity index (χ2n) is 5.59. The first kappa shape index (κ1) is 7.47. The topological polar surface area (TPSA) is 38.9 Å². The predicted molar refractivity (Wildman–Crippen MR) is 98.3 cm³/mol. The highest BCUT2D eigenvalue weighted by atomic mass is 16.3. The van der Waals surface area contributed by atoms with Gasteiger partial charge in [0.2, 0.25) is 5.71 Å². The number of pyridine rings is 2. The maximum absolute atomic E-state index is 8.42. The van der Waals surface area contributed by atoms with E-state index in [1.165, 1.54) is 19.1 Å². The van der Waals surface area contributed by atoms with Gasteiger partial charge in [0.1, 0.15) is 5.58 Å². The van der Waals surface area contributed by atoms with Gasteiger partial charge in [-0.1, -0.05) is 25.8 Å². The lowest BCUT2D eigenvalue weighted by Crippen LogP contribution is -1.95. The maximum Gasteiger partial charge on any atom is 0.227 e. The molecule has 3 nitrogen and oxygen atoms in total. The third-order valence-corrected chi connectivity index (χ3v) is 4.02. The summed E-state index contributed by atoms with van der Waals surface area (Å²) >= 11 is 0. The molecule has 4 rings (SSSR count). The van der Waals surface area contributed by atoms with Crippen molar-refractivity contribution in [3.8, 4) is 11.3 Å². The zero-order valence-electron chi connectivity index (χ0n) is 22.8. The van der Waals surface area contributed by atoms with E-state index in [0.717, 1.165) is 6.20 Å². The first-order chi connectivity index (χ1) is 15.6. The van der Waals surface area contributed by atoms with Crippen LogP contribution in [-0.2, 0) is 0 Å². The third kappa shape index (κ3) is 2.28. The van der Waals surface area contributed by atoms with Gasteiger partial charge in [0.25, 0.3) is 0 Å². The van der Waals surface area contributed by atoms with Crippen LogP contribution < -0.4 is 0 Å². The van der Waals surface area contributed by atoms with Crippen LogP contribution in [0.1, 0.15) is 50.1 Å². The zero-order chi connectivity index (χ0) is 25.3. The molecule has 3 heterocycles. The lowest BCUT2D eigenvalue weighted by molar-refractivity contribution is 0.653. The lowest BCUT2D eigenvalue weighted by Gasteiger charge is -2.11. The summed E-state index contributed by atoms with van der Waals surface area (Å²) in [5.41, 5.74) is 1.43. The molecule has 120 valence electrons. The largest absolute Gasteiger partial charge is 0.437 e. The van der Waals surface area contributed by atoms with Crippen LogP contribution in [0.25, 0.3) is 33.3 Å². The Balaban J connectivity index is 1.89. The summed E-state index contributed by atoms with van der Waals surface area (Å²) in [6.45, 7) is -7.09. The lowest BCUT2D eigenvalue weighted by atomic mass is 9.98. The van der Waals surface area contributed by atoms with Gasteiger partial charge in [-0.25, -0.2) is 4.98 Å². The molecule has 0 aliphatic heterocycles. The van der Waals surface area contributed by atoms with E-state index in [1.54, 1.807) is 24.3 Å². The Kier molecular flexibility index (Phi) is 1.70. The Labute approximate surface area is 155 Å². The van der Waals surface area contributed by atoms with Crippen molar-refractivity contribution in [3.05, 3.63) is 59.4 Å². The summed E-state index contributed by atoms with van der Waals surface area (Å²) in [7, 11) is 0. The molecule has 4 aromatic rings. The molecule has 0 spiro atoms. The molecular formula is C21H20N2O. The van der Waals surface area contributed by atoms with Gasteiger partial charge in [0.05, 0.1) is 5.69 Å². The van der Waals surface area contributed by atoms with E-state index in [9.17, 15) is 0 Å². The van der Waals surface area contributed by atoms with Crippen molar-refractivity contribution in [3.63, 3.8) is 0 Å². The van der Waals surface area contributed by atoms with Crippen molar-refractivity contribution >= 4 is 22.1 Å². The third-order valence-electron chi connectivity index (χ3n) is 4.02. The van der Waals surface area contributed by atoms with E-state index < -0.39 is 26.4 Å². The summed E-state index contributed by atoms with van der Waals surface area (Å²) < 4.78 is 83.3. The number of aromatic nitrogens is 2. The minimum absolute atomic E-state index is 0.0972. The minimum Gasteiger partial charge on any atom is -0.437 e. The van der Waals surface area contributed by atoms with E-state index >= 15 is 0 Å². The molecule has 0 fully saturated rings. The van der Waals surface area contributed by atoms with Crippen LogP contribution in [-0.4, -0.2) is 9.97 Å². The second kappa shape index (κ2) is 5.45. The number of benzene rings is 1. The highest BCUT2D eigenvalue weighted by Crippen LogP contribution is 2.35. The van der Waals surface area contributed by atoms with Gasteiger partial charge in [0.15, 0.2) is 0 Å². The zero-order valence-corrected chi connectivity index (χ0v) is 12.8. The van der Waals surface area contributed by atoms with Crippen LogP contribution in [0.5, 0.6) is 0 Å². The van der Waals surface area contributed by atoms with Gasteiger partial charge in [-0.15, -0.1) is 0 Å². The first-order valence-electron chi connectivity index (χ1n) is 12.4. The number of hydrogen-bond acceptors (Lipinski definition) is 3. The van der Waals surface area contributed by atoms with Crippen LogP contribution in [0.2, 0.25) is 0 Å². The number of nitrogens with zero attached hydrogens (tertiary/aromatic N) is 2. The number of aryl methyl sites for hydroxylation is 2. The number of rotatable bonds is 2. The molecule has 0 N–H and O–H groups in total. The average molecular weight is 326 g/mol. The fraction of sp³-hybridized carbons (Fsp3) is 0.238. The van der Waals surface area contributed by atoms with Crippen molar-refractivity contribution < 1.29 is 18.1 Å². The molecule has 3 heteroatoms. The Morgan fingerprint density at radius 1 is 1.17 bits per heavy atom. The highest BCUT2D eigenvalue weighted by Gasteiger charge is 2.15.